The first-order chi connectivity index (χ1) is 13.9. The Morgan fingerprint density at radius 3 is 1.93 bits per heavy atom. The lowest BCUT2D eigenvalue weighted by molar-refractivity contribution is 0.00578. The highest BCUT2D eigenvalue weighted by molar-refractivity contribution is 6.64. The van der Waals surface area contributed by atoms with Crippen molar-refractivity contribution in [3.05, 3.63) is 78.9 Å². The summed E-state index contributed by atoms with van der Waals surface area (Å²) in [5, 5.41) is 4.91. The first-order valence-corrected chi connectivity index (χ1v) is 10.2. The van der Waals surface area contributed by atoms with Crippen molar-refractivity contribution in [2.24, 2.45) is 0 Å². The van der Waals surface area contributed by atoms with Crippen LogP contribution in [0.4, 0.5) is 0 Å². The Morgan fingerprint density at radius 2 is 1.21 bits per heavy atom. The van der Waals surface area contributed by atoms with Crippen molar-refractivity contribution in [3.8, 4) is 11.1 Å². The van der Waals surface area contributed by atoms with E-state index >= 15 is 0 Å². The predicted octanol–water partition coefficient (Wildman–Crippen LogP) is 5.96. The molecule has 144 valence electrons. The topological polar surface area (TPSA) is 18.5 Å². The normalized spacial score (nSPS) is 17.9. The molecular formula is C26H25BO2. The molecule has 4 aromatic rings. The van der Waals surface area contributed by atoms with Gasteiger partial charge in [-0.25, -0.2) is 0 Å². The second kappa shape index (κ2) is 6.45. The molecule has 1 fully saturated rings. The Labute approximate surface area is 172 Å². The second-order valence-corrected chi connectivity index (χ2v) is 8.90. The van der Waals surface area contributed by atoms with Crippen LogP contribution in [-0.4, -0.2) is 18.3 Å². The van der Waals surface area contributed by atoms with E-state index in [-0.39, 0.29) is 11.2 Å². The standard InChI is InChI=1S/C26H25BO2/c1-25(2)26(3,4)29-27(28-25)23-16-15-19-10-7-8-12-22(19)24(23)21-14-13-18-9-5-6-11-20(18)17-21/h5-17H,1-4H3. The molecule has 1 aliphatic rings. The summed E-state index contributed by atoms with van der Waals surface area (Å²) in [6.45, 7) is 8.40. The van der Waals surface area contributed by atoms with Crippen molar-refractivity contribution in [1.29, 1.82) is 0 Å². The molecule has 0 saturated carbocycles. The molecule has 29 heavy (non-hydrogen) atoms. The average Bonchev–Trinajstić information content (AvgIpc) is 2.93. The summed E-state index contributed by atoms with van der Waals surface area (Å²) in [6, 6.07) is 28.0. The van der Waals surface area contributed by atoms with Crippen molar-refractivity contribution in [2.75, 3.05) is 0 Å². The average molecular weight is 380 g/mol. The number of fused-ring (bicyclic) bond motifs is 2. The molecule has 0 radical (unpaired) electrons. The molecule has 0 bridgehead atoms. The molecule has 0 atom stereocenters. The molecular weight excluding hydrogens is 355 g/mol. The number of hydrogen-bond donors (Lipinski definition) is 0. The van der Waals surface area contributed by atoms with E-state index in [1.807, 2.05) is 0 Å². The Morgan fingerprint density at radius 1 is 0.621 bits per heavy atom. The molecule has 3 heteroatoms. The van der Waals surface area contributed by atoms with Crippen molar-refractivity contribution in [3.63, 3.8) is 0 Å². The van der Waals surface area contributed by atoms with Gasteiger partial charge in [0.1, 0.15) is 0 Å². The molecule has 0 aliphatic carbocycles. The summed E-state index contributed by atoms with van der Waals surface area (Å²) in [5.41, 5.74) is 2.71. The van der Waals surface area contributed by atoms with Crippen LogP contribution < -0.4 is 5.46 Å². The predicted molar refractivity (Wildman–Crippen MR) is 123 cm³/mol. The van der Waals surface area contributed by atoms with Gasteiger partial charge in [0.25, 0.3) is 0 Å². The Kier molecular flexibility index (Phi) is 4.09. The fourth-order valence-electron chi connectivity index (χ4n) is 4.12. The first kappa shape index (κ1) is 18.4. The monoisotopic (exact) mass is 380 g/mol. The summed E-state index contributed by atoms with van der Waals surface area (Å²) in [7, 11) is -0.397. The molecule has 1 heterocycles. The summed E-state index contributed by atoms with van der Waals surface area (Å²) in [4.78, 5) is 0. The van der Waals surface area contributed by atoms with Gasteiger partial charge in [0.15, 0.2) is 0 Å². The molecule has 0 spiro atoms. The van der Waals surface area contributed by atoms with Crippen molar-refractivity contribution in [2.45, 2.75) is 38.9 Å². The zero-order valence-corrected chi connectivity index (χ0v) is 17.4. The summed E-state index contributed by atoms with van der Waals surface area (Å²) in [6.07, 6.45) is 0. The zero-order chi connectivity index (χ0) is 20.2. The van der Waals surface area contributed by atoms with Crippen molar-refractivity contribution in [1.82, 2.24) is 0 Å². The van der Waals surface area contributed by atoms with Crippen molar-refractivity contribution >= 4 is 34.1 Å². The van der Waals surface area contributed by atoms with Gasteiger partial charge in [-0.05, 0) is 71.9 Å². The maximum Gasteiger partial charge on any atom is 0.495 e. The minimum Gasteiger partial charge on any atom is -0.399 e. The van der Waals surface area contributed by atoms with Crippen LogP contribution in [0.1, 0.15) is 27.7 Å². The highest BCUT2D eigenvalue weighted by Crippen LogP contribution is 2.38. The molecule has 0 N–H and O–H groups in total. The smallest absolute Gasteiger partial charge is 0.399 e. The Bertz CT molecular complexity index is 1210. The van der Waals surface area contributed by atoms with E-state index in [0.29, 0.717) is 0 Å². The van der Waals surface area contributed by atoms with Crippen LogP contribution in [-0.2, 0) is 9.31 Å². The largest absolute Gasteiger partial charge is 0.495 e. The minimum atomic E-state index is -0.397. The zero-order valence-electron chi connectivity index (χ0n) is 17.4. The van der Waals surface area contributed by atoms with Gasteiger partial charge in [0.05, 0.1) is 11.2 Å². The van der Waals surface area contributed by atoms with Crippen LogP contribution in [0.25, 0.3) is 32.7 Å². The lowest BCUT2D eigenvalue weighted by atomic mass is 9.73. The number of rotatable bonds is 2. The van der Waals surface area contributed by atoms with Crippen LogP contribution in [0.15, 0.2) is 78.9 Å². The minimum absolute atomic E-state index is 0.371. The highest BCUT2D eigenvalue weighted by atomic mass is 16.7. The summed E-state index contributed by atoms with van der Waals surface area (Å²) >= 11 is 0. The van der Waals surface area contributed by atoms with Crippen LogP contribution in [0.3, 0.4) is 0 Å². The van der Waals surface area contributed by atoms with Crippen LogP contribution in [0.5, 0.6) is 0 Å². The van der Waals surface area contributed by atoms with E-state index in [1.165, 1.54) is 32.7 Å². The molecule has 0 aromatic heterocycles. The SMILES string of the molecule is CC1(C)OB(c2ccc3ccccc3c2-c2ccc3ccccc3c2)OC1(C)C. The molecule has 0 amide bonds. The summed E-state index contributed by atoms with van der Waals surface area (Å²) in [5.74, 6) is 0. The highest BCUT2D eigenvalue weighted by Gasteiger charge is 2.52. The Balaban J connectivity index is 1.75. The summed E-state index contributed by atoms with van der Waals surface area (Å²) < 4.78 is 12.9. The molecule has 1 saturated heterocycles. The molecule has 5 rings (SSSR count). The Hall–Kier alpha value is -2.62. The fourth-order valence-corrected chi connectivity index (χ4v) is 4.12. The maximum absolute atomic E-state index is 6.43. The van der Waals surface area contributed by atoms with Gasteiger partial charge >= 0.3 is 7.12 Å². The van der Waals surface area contributed by atoms with Gasteiger partial charge in [-0.2, -0.15) is 0 Å². The van der Waals surface area contributed by atoms with Gasteiger partial charge < -0.3 is 9.31 Å². The van der Waals surface area contributed by atoms with Crippen molar-refractivity contribution < 1.29 is 9.31 Å². The second-order valence-electron chi connectivity index (χ2n) is 8.90. The van der Waals surface area contributed by atoms with Crippen LogP contribution >= 0.6 is 0 Å². The third-order valence-electron chi connectivity index (χ3n) is 6.51. The first-order valence-electron chi connectivity index (χ1n) is 10.2. The van der Waals surface area contributed by atoms with E-state index < -0.39 is 7.12 Å². The third-order valence-corrected chi connectivity index (χ3v) is 6.51. The molecule has 4 aromatic carbocycles. The third kappa shape index (κ3) is 2.97. The van der Waals surface area contributed by atoms with Crippen LogP contribution in [0, 0.1) is 0 Å². The number of hydrogen-bond acceptors (Lipinski definition) is 2. The van der Waals surface area contributed by atoms with E-state index in [0.717, 1.165) is 5.46 Å². The molecule has 2 nitrogen and oxygen atoms in total. The maximum atomic E-state index is 6.43. The van der Waals surface area contributed by atoms with E-state index in [9.17, 15) is 0 Å². The lowest BCUT2D eigenvalue weighted by Gasteiger charge is -2.32. The van der Waals surface area contributed by atoms with Crippen LogP contribution in [0.2, 0.25) is 0 Å². The molecule has 0 unspecified atom stereocenters. The molecule has 1 aliphatic heterocycles. The van der Waals surface area contributed by atoms with Gasteiger partial charge in [-0.3, -0.25) is 0 Å². The quantitative estimate of drug-likeness (QED) is 0.400. The van der Waals surface area contributed by atoms with Gasteiger partial charge in [-0.15, -0.1) is 0 Å². The van der Waals surface area contributed by atoms with Gasteiger partial charge in [0, 0.05) is 0 Å². The van der Waals surface area contributed by atoms with E-state index in [4.69, 9.17) is 9.31 Å². The van der Waals surface area contributed by atoms with Gasteiger partial charge in [-0.1, -0.05) is 72.8 Å². The van der Waals surface area contributed by atoms with E-state index in [2.05, 4.69) is 107 Å². The lowest BCUT2D eigenvalue weighted by Crippen LogP contribution is -2.41. The van der Waals surface area contributed by atoms with E-state index in [1.54, 1.807) is 0 Å². The fraction of sp³-hybridized carbons (Fsp3) is 0.231. The number of benzene rings is 4. The van der Waals surface area contributed by atoms with Gasteiger partial charge in [0.2, 0.25) is 0 Å².